The highest BCUT2D eigenvalue weighted by atomic mass is 35.5. The second-order valence-corrected chi connectivity index (χ2v) is 5.17. The lowest BCUT2D eigenvalue weighted by atomic mass is 10.1. The number of aliphatic hydroxyl groups excluding tert-OH is 1. The van der Waals surface area contributed by atoms with Gasteiger partial charge in [-0.3, -0.25) is 9.78 Å². The van der Waals surface area contributed by atoms with Crippen LogP contribution in [0.3, 0.4) is 0 Å². The molecule has 2 aromatic rings. The van der Waals surface area contributed by atoms with Crippen molar-refractivity contribution in [1.82, 2.24) is 10.3 Å². The Morgan fingerprint density at radius 1 is 1.36 bits per heavy atom. The molecule has 1 aromatic carbocycles. The Balaban J connectivity index is 0.00000121. The molecule has 5 nitrogen and oxygen atoms in total. The molecule has 0 spiro atoms. The van der Waals surface area contributed by atoms with Crippen molar-refractivity contribution in [3.63, 3.8) is 0 Å². The molecule has 7 heteroatoms. The maximum atomic E-state index is 12.2. The van der Waals surface area contributed by atoms with Crippen LogP contribution in [0.5, 0.6) is 0 Å². The first-order valence-electron chi connectivity index (χ1n) is 6.72. The Morgan fingerprint density at radius 2 is 2.14 bits per heavy atom. The number of aromatic nitrogens is 1. The summed E-state index contributed by atoms with van der Waals surface area (Å²) in [6, 6.07) is 7.31. The quantitative estimate of drug-likeness (QED) is 0.780. The molecule has 1 aliphatic heterocycles. The van der Waals surface area contributed by atoms with Crippen LogP contribution >= 0.6 is 24.8 Å². The number of aryl methyl sites for hydroxylation is 1. The second-order valence-electron chi connectivity index (χ2n) is 5.17. The Labute approximate surface area is 141 Å². The average Bonchev–Trinajstić information content (AvgIpc) is 2.89. The lowest BCUT2D eigenvalue weighted by Gasteiger charge is -2.13. The van der Waals surface area contributed by atoms with E-state index in [2.05, 4.69) is 15.6 Å². The van der Waals surface area contributed by atoms with Gasteiger partial charge in [0.2, 0.25) is 5.91 Å². The van der Waals surface area contributed by atoms with Gasteiger partial charge in [0.1, 0.15) is 0 Å². The second kappa shape index (κ2) is 7.74. The van der Waals surface area contributed by atoms with E-state index in [0.717, 1.165) is 22.2 Å². The van der Waals surface area contributed by atoms with E-state index in [1.165, 1.54) is 0 Å². The number of pyridine rings is 1. The van der Waals surface area contributed by atoms with E-state index in [4.69, 9.17) is 0 Å². The summed E-state index contributed by atoms with van der Waals surface area (Å²) in [7, 11) is 0. The minimum atomic E-state index is -0.442. The fourth-order valence-corrected chi connectivity index (χ4v) is 2.56. The van der Waals surface area contributed by atoms with E-state index in [9.17, 15) is 9.90 Å². The number of anilines is 1. The maximum Gasteiger partial charge on any atom is 0.241 e. The Bertz CT molecular complexity index is 666. The summed E-state index contributed by atoms with van der Waals surface area (Å²) in [5.41, 5.74) is 2.73. The third-order valence-electron chi connectivity index (χ3n) is 3.65. The number of benzene rings is 1. The van der Waals surface area contributed by atoms with Crippen LogP contribution in [0.4, 0.5) is 5.69 Å². The average molecular weight is 344 g/mol. The molecule has 0 saturated carbocycles. The zero-order chi connectivity index (χ0) is 14.1. The summed E-state index contributed by atoms with van der Waals surface area (Å²) in [6.07, 6.45) is 1.76. The molecule has 0 aliphatic carbocycles. The third kappa shape index (κ3) is 3.67. The lowest BCUT2D eigenvalue weighted by molar-refractivity contribution is -0.117. The standard InChI is InChI=1S/C15H17N3O2.2ClH/c1-9-4-5-12(11-3-2-6-16-14(9)11)18-15(20)13-7-10(19)8-17-13;;/h2-6,10,13,17,19H,7-8H2,1H3,(H,18,20);2*1H. The van der Waals surface area contributed by atoms with Crippen molar-refractivity contribution in [2.45, 2.75) is 25.5 Å². The van der Waals surface area contributed by atoms with Gasteiger partial charge in [0.15, 0.2) is 0 Å². The smallest absolute Gasteiger partial charge is 0.241 e. The number of carbonyl (C=O) groups is 1. The molecule has 0 radical (unpaired) electrons. The fraction of sp³-hybridized carbons (Fsp3) is 0.333. The molecular weight excluding hydrogens is 325 g/mol. The van der Waals surface area contributed by atoms with Crippen LogP contribution in [0.1, 0.15) is 12.0 Å². The molecule has 1 saturated heterocycles. The summed E-state index contributed by atoms with van der Waals surface area (Å²) < 4.78 is 0. The summed E-state index contributed by atoms with van der Waals surface area (Å²) in [5, 5.41) is 16.3. The van der Waals surface area contributed by atoms with E-state index < -0.39 is 6.10 Å². The first-order valence-corrected chi connectivity index (χ1v) is 6.72. The van der Waals surface area contributed by atoms with Crippen LogP contribution in [-0.4, -0.2) is 34.7 Å². The largest absolute Gasteiger partial charge is 0.392 e. The number of hydrogen-bond donors (Lipinski definition) is 3. The van der Waals surface area contributed by atoms with Gasteiger partial charge >= 0.3 is 0 Å². The number of nitrogens with one attached hydrogen (secondary N) is 2. The number of hydrogen-bond acceptors (Lipinski definition) is 4. The number of β-amino-alcohol motifs (C(OH)–C–C–N with tert-alkyl or cyclic N) is 1. The van der Waals surface area contributed by atoms with Gasteiger partial charge in [0, 0.05) is 18.1 Å². The highest BCUT2D eigenvalue weighted by Crippen LogP contribution is 2.25. The van der Waals surface area contributed by atoms with Crippen molar-refractivity contribution >= 4 is 47.3 Å². The molecule has 1 fully saturated rings. The fourth-order valence-electron chi connectivity index (χ4n) is 2.56. The van der Waals surface area contributed by atoms with Gasteiger partial charge in [-0.1, -0.05) is 6.07 Å². The molecule has 22 heavy (non-hydrogen) atoms. The number of amides is 1. The molecule has 2 heterocycles. The number of nitrogens with zero attached hydrogens (tertiary/aromatic N) is 1. The van der Waals surface area contributed by atoms with Gasteiger partial charge in [-0.2, -0.15) is 0 Å². The van der Waals surface area contributed by atoms with Crippen molar-refractivity contribution in [1.29, 1.82) is 0 Å². The van der Waals surface area contributed by atoms with Gasteiger partial charge in [0.25, 0.3) is 0 Å². The van der Waals surface area contributed by atoms with Crippen LogP contribution in [-0.2, 0) is 4.79 Å². The normalized spacial score (nSPS) is 20.1. The van der Waals surface area contributed by atoms with E-state index in [-0.39, 0.29) is 36.8 Å². The Morgan fingerprint density at radius 3 is 2.82 bits per heavy atom. The van der Waals surface area contributed by atoms with Crippen LogP contribution in [0, 0.1) is 6.92 Å². The van der Waals surface area contributed by atoms with Crippen LogP contribution in [0.15, 0.2) is 30.5 Å². The monoisotopic (exact) mass is 343 g/mol. The molecular formula is C15H19Cl2N3O2. The summed E-state index contributed by atoms with van der Waals surface area (Å²) >= 11 is 0. The molecule has 1 amide bonds. The highest BCUT2D eigenvalue weighted by Gasteiger charge is 2.28. The number of aliphatic hydroxyl groups is 1. The molecule has 3 N–H and O–H groups in total. The van der Waals surface area contributed by atoms with E-state index >= 15 is 0 Å². The first-order chi connectivity index (χ1) is 9.65. The SMILES string of the molecule is Cc1ccc(NC(=O)C2CC(O)CN2)c2cccnc12.Cl.Cl. The maximum absolute atomic E-state index is 12.2. The predicted molar refractivity (Wildman–Crippen MR) is 92.0 cm³/mol. The summed E-state index contributed by atoms with van der Waals surface area (Å²) in [6.45, 7) is 2.46. The number of carbonyl (C=O) groups excluding carboxylic acids is 1. The number of rotatable bonds is 2. The van der Waals surface area contributed by atoms with Gasteiger partial charge in [-0.25, -0.2) is 0 Å². The summed E-state index contributed by atoms with van der Waals surface area (Å²) in [4.78, 5) is 16.5. The topological polar surface area (TPSA) is 74.2 Å². The van der Waals surface area contributed by atoms with Gasteiger partial charge in [-0.05, 0) is 37.1 Å². The third-order valence-corrected chi connectivity index (χ3v) is 3.65. The van der Waals surface area contributed by atoms with Crippen molar-refractivity contribution in [3.05, 3.63) is 36.0 Å². The van der Waals surface area contributed by atoms with Crippen molar-refractivity contribution < 1.29 is 9.90 Å². The minimum absolute atomic E-state index is 0. The highest BCUT2D eigenvalue weighted by molar-refractivity contribution is 6.03. The number of fused-ring (bicyclic) bond motifs is 1. The summed E-state index contributed by atoms with van der Waals surface area (Å²) in [5.74, 6) is -0.115. The van der Waals surface area contributed by atoms with E-state index in [1.807, 2.05) is 31.2 Å². The molecule has 2 atom stereocenters. The predicted octanol–water partition coefficient (Wildman–Crippen LogP) is 2.05. The van der Waals surface area contributed by atoms with Crippen molar-refractivity contribution in [3.8, 4) is 0 Å². The molecule has 120 valence electrons. The van der Waals surface area contributed by atoms with Gasteiger partial charge in [-0.15, -0.1) is 24.8 Å². The van der Waals surface area contributed by atoms with Crippen LogP contribution in [0.25, 0.3) is 10.9 Å². The number of halogens is 2. The van der Waals surface area contributed by atoms with Crippen LogP contribution in [0.2, 0.25) is 0 Å². The zero-order valence-corrected chi connectivity index (χ0v) is 13.7. The van der Waals surface area contributed by atoms with E-state index in [0.29, 0.717) is 13.0 Å². The van der Waals surface area contributed by atoms with Gasteiger partial charge < -0.3 is 15.7 Å². The van der Waals surface area contributed by atoms with Crippen molar-refractivity contribution in [2.75, 3.05) is 11.9 Å². The van der Waals surface area contributed by atoms with E-state index in [1.54, 1.807) is 6.20 Å². The molecule has 0 bridgehead atoms. The Hall–Kier alpha value is -1.40. The van der Waals surface area contributed by atoms with Gasteiger partial charge in [0.05, 0.1) is 23.3 Å². The minimum Gasteiger partial charge on any atom is -0.392 e. The van der Waals surface area contributed by atoms with Crippen molar-refractivity contribution in [2.24, 2.45) is 0 Å². The lowest BCUT2D eigenvalue weighted by Crippen LogP contribution is -2.35. The molecule has 3 rings (SSSR count). The zero-order valence-electron chi connectivity index (χ0n) is 12.1. The molecule has 1 aliphatic rings. The van der Waals surface area contributed by atoms with Crippen LogP contribution < -0.4 is 10.6 Å². The Kier molecular flexibility index (Phi) is 6.56. The first kappa shape index (κ1) is 18.6. The molecule has 1 aromatic heterocycles. The molecule has 2 unspecified atom stereocenters.